The number of rotatable bonds is 5. The second-order valence-corrected chi connectivity index (χ2v) is 8.02. The number of hydrogen-bond donors (Lipinski definition) is 0. The highest BCUT2D eigenvalue weighted by Gasteiger charge is 2.13. The van der Waals surface area contributed by atoms with Gasteiger partial charge in [0.1, 0.15) is 0 Å². The van der Waals surface area contributed by atoms with Gasteiger partial charge in [0.15, 0.2) is 5.16 Å². The Morgan fingerprint density at radius 1 is 1.19 bits per heavy atom. The summed E-state index contributed by atoms with van der Waals surface area (Å²) >= 11 is 7.51. The molecule has 0 atom stereocenters. The fraction of sp³-hybridized carbons (Fsp3) is 0.316. The van der Waals surface area contributed by atoms with E-state index in [0.29, 0.717) is 39.3 Å². The topological polar surface area (TPSA) is 56.9 Å². The molecule has 7 heteroatoms. The van der Waals surface area contributed by atoms with Crippen molar-refractivity contribution in [3.05, 3.63) is 67.8 Å². The molecule has 136 valence electrons. The predicted molar refractivity (Wildman–Crippen MR) is 107 cm³/mol. The molecule has 0 saturated heterocycles. The molecule has 0 aliphatic rings. The summed E-state index contributed by atoms with van der Waals surface area (Å²) in [6.45, 7) is 4.70. The fourth-order valence-electron chi connectivity index (χ4n) is 2.64. The van der Waals surface area contributed by atoms with Crippen LogP contribution >= 0.6 is 23.4 Å². The van der Waals surface area contributed by atoms with E-state index in [9.17, 15) is 9.59 Å². The average Bonchev–Trinajstić information content (AvgIpc) is 2.59. The molecule has 0 aliphatic carbocycles. The summed E-state index contributed by atoms with van der Waals surface area (Å²) < 4.78 is 3.23. The van der Waals surface area contributed by atoms with Crippen molar-refractivity contribution >= 4 is 34.3 Å². The van der Waals surface area contributed by atoms with Gasteiger partial charge in [0.2, 0.25) is 0 Å². The van der Waals surface area contributed by atoms with Gasteiger partial charge in [0.05, 0.1) is 10.9 Å². The van der Waals surface area contributed by atoms with Crippen molar-refractivity contribution in [3.8, 4) is 0 Å². The molecule has 0 N–H and O–H groups in total. The molecule has 1 aromatic carbocycles. The van der Waals surface area contributed by atoms with Crippen LogP contribution in [-0.4, -0.2) is 14.1 Å². The van der Waals surface area contributed by atoms with E-state index in [1.165, 1.54) is 16.3 Å². The number of halogens is 1. The van der Waals surface area contributed by atoms with Crippen LogP contribution in [0, 0.1) is 5.92 Å². The number of benzene rings is 1. The Labute approximate surface area is 160 Å². The first-order chi connectivity index (χ1) is 12.3. The summed E-state index contributed by atoms with van der Waals surface area (Å²) in [5.41, 5.74) is 1.40. The zero-order valence-electron chi connectivity index (χ0n) is 14.9. The first-order valence-corrected chi connectivity index (χ1v) is 9.70. The Hall–Kier alpha value is -2.05. The Balaban J connectivity index is 2.02. The minimum Gasteiger partial charge on any atom is -0.319 e. The second kappa shape index (κ2) is 7.68. The van der Waals surface area contributed by atoms with Crippen LogP contribution in [-0.2, 0) is 19.3 Å². The zero-order valence-corrected chi connectivity index (χ0v) is 16.5. The highest BCUT2D eigenvalue weighted by Crippen LogP contribution is 2.23. The van der Waals surface area contributed by atoms with Crippen molar-refractivity contribution in [3.63, 3.8) is 0 Å². The van der Waals surface area contributed by atoms with Gasteiger partial charge in [-0.3, -0.25) is 14.2 Å². The first kappa shape index (κ1) is 18.7. The van der Waals surface area contributed by atoms with Crippen LogP contribution in [0.4, 0.5) is 0 Å². The standard InChI is InChI=1S/C19H20ClN3O2S/c1-12(2)10-23-18(25)15-9-14(20)4-5-16(15)21-19(23)26-11-13-6-7-22(3)17(24)8-13/h4-9,12H,10-11H2,1-3H3. The molecule has 0 aliphatic heterocycles. The molecule has 0 saturated carbocycles. The third-order valence-corrected chi connectivity index (χ3v) is 5.25. The summed E-state index contributed by atoms with van der Waals surface area (Å²) in [5, 5.41) is 1.70. The third-order valence-electron chi connectivity index (χ3n) is 3.97. The van der Waals surface area contributed by atoms with Crippen molar-refractivity contribution in [2.24, 2.45) is 13.0 Å². The number of fused-ring (bicyclic) bond motifs is 1. The van der Waals surface area contributed by atoms with E-state index in [4.69, 9.17) is 11.6 Å². The number of aromatic nitrogens is 3. The summed E-state index contributed by atoms with van der Waals surface area (Å²) in [4.78, 5) is 29.4. The molecule has 0 unspecified atom stereocenters. The number of hydrogen-bond acceptors (Lipinski definition) is 4. The van der Waals surface area contributed by atoms with Crippen molar-refractivity contribution in [1.29, 1.82) is 0 Å². The van der Waals surface area contributed by atoms with Gasteiger partial charge in [-0.15, -0.1) is 0 Å². The van der Waals surface area contributed by atoms with Crippen molar-refractivity contribution in [2.75, 3.05) is 0 Å². The minimum atomic E-state index is -0.0855. The van der Waals surface area contributed by atoms with Crippen LogP contribution in [0.25, 0.3) is 10.9 Å². The van der Waals surface area contributed by atoms with Crippen molar-refractivity contribution in [2.45, 2.75) is 31.3 Å². The van der Waals surface area contributed by atoms with Gasteiger partial charge in [0.25, 0.3) is 11.1 Å². The van der Waals surface area contributed by atoms with Crippen LogP contribution in [0.3, 0.4) is 0 Å². The van der Waals surface area contributed by atoms with Gasteiger partial charge in [-0.2, -0.15) is 0 Å². The molecular formula is C19H20ClN3O2S. The van der Waals surface area contributed by atoms with E-state index in [-0.39, 0.29) is 11.1 Å². The molecule has 0 bridgehead atoms. The molecule has 26 heavy (non-hydrogen) atoms. The lowest BCUT2D eigenvalue weighted by Gasteiger charge is -2.15. The van der Waals surface area contributed by atoms with Gasteiger partial charge in [0, 0.05) is 36.6 Å². The quantitative estimate of drug-likeness (QED) is 0.493. The molecule has 3 aromatic rings. The van der Waals surface area contributed by atoms with Gasteiger partial charge >= 0.3 is 0 Å². The molecule has 0 radical (unpaired) electrons. The predicted octanol–water partition coefficient (Wildman–Crippen LogP) is 3.70. The van der Waals surface area contributed by atoms with Crippen LogP contribution < -0.4 is 11.1 Å². The molecule has 0 amide bonds. The first-order valence-electron chi connectivity index (χ1n) is 8.33. The van der Waals surface area contributed by atoms with E-state index >= 15 is 0 Å². The summed E-state index contributed by atoms with van der Waals surface area (Å²) in [6, 6.07) is 8.68. The normalized spacial score (nSPS) is 11.4. The number of thioether (sulfide) groups is 1. The van der Waals surface area contributed by atoms with Crippen LogP contribution in [0.5, 0.6) is 0 Å². The lowest BCUT2D eigenvalue weighted by molar-refractivity contribution is 0.475. The van der Waals surface area contributed by atoms with E-state index in [1.807, 2.05) is 6.07 Å². The van der Waals surface area contributed by atoms with E-state index < -0.39 is 0 Å². The van der Waals surface area contributed by atoms with Crippen LogP contribution in [0.1, 0.15) is 19.4 Å². The molecule has 2 heterocycles. The highest BCUT2D eigenvalue weighted by atomic mass is 35.5. The van der Waals surface area contributed by atoms with E-state index in [2.05, 4.69) is 18.8 Å². The van der Waals surface area contributed by atoms with Crippen LogP contribution in [0.15, 0.2) is 51.3 Å². The molecule has 3 rings (SSSR count). The minimum absolute atomic E-state index is 0.0521. The van der Waals surface area contributed by atoms with E-state index in [0.717, 1.165) is 5.56 Å². The average molecular weight is 390 g/mol. The Bertz CT molecular complexity index is 1070. The summed E-state index contributed by atoms with van der Waals surface area (Å²) in [7, 11) is 1.72. The second-order valence-electron chi connectivity index (χ2n) is 6.64. The number of nitrogens with zero attached hydrogens (tertiary/aromatic N) is 3. The lowest BCUT2D eigenvalue weighted by Crippen LogP contribution is -2.25. The monoisotopic (exact) mass is 389 g/mol. The lowest BCUT2D eigenvalue weighted by atomic mass is 10.2. The summed E-state index contributed by atoms with van der Waals surface area (Å²) in [6.07, 6.45) is 1.75. The Morgan fingerprint density at radius 2 is 1.96 bits per heavy atom. The molecule has 5 nitrogen and oxygen atoms in total. The van der Waals surface area contributed by atoms with E-state index in [1.54, 1.807) is 42.1 Å². The molecule has 0 fully saturated rings. The Morgan fingerprint density at radius 3 is 2.65 bits per heavy atom. The van der Waals surface area contributed by atoms with Gasteiger partial charge in [-0.1, -0.05) is 37.2 Å². The zero-order chi connectivity index (χ0) is 18.8. The van der Waals surface area contributed by atoms with Gasteiger partial charge in [-0.05, 0) is 35.7 Å². The smallest absolute Gasteiger partial charge is 0.262 e. The number of pyridine rings is 1. The molecular weight excluding hydrogens is 370 g/mol. The molecule has 0 spiro atoms. The van der Waals surface area contributed by atoms with Crippen LogP contribution in [0.2, 0.25) is 5.02 Å². The van der Waals surface area contributed by atoms with Gasteiger partial charge in [-0.25, -0.2) is 4.98 Å². The number of aryl methyl sites for hydroxylation is 1. The van der Waals surface area contributed by atoms with Crippen molar-refractivity contribution < 1.29 is 0 Å². The molecule has 2 aromatic heterocycles. The maximum atomic E-state index is 12.9. The summed E-state index contributed by atoms with van der Waals surface area (Å²) in [5.74, 6) is 0.870. The SMILES string of the molecule is CC(C)Cn1c(SCc2ccn(C)c(=O)c2)nc2ccc(Cl)cc2c1=O. The maximum absolute atomic E-state index is 12.9. The van der Waals surface area contributed by atoms with Crippen molar-refractivity contribution in [1.82, 2.24) is 14.1 Å². The maximum Gasteiger partial charge on any atom is 0.262 e. The van der Waals surface area contributed by atoms with Gasteiger partial charge < -0.3 is 4.57 Å². The fourth-order valence-corrected chi connectivity index (χ4v) is 3.76. The Kier molecular flexibility index (Phi) is 5.53. The highest BCUT2D eigenvalue weighted by molar-refractivity contribution is 7.98. The third kappa shape index (κ3) is 4.02. The largest absolute Gasteiger partial charge is 0.319 e.